The lowest BCUT2D eigenvalue weighted by molar-refractivity contribution is -0.127. The number of benzene rings is 1. The minimum Gasteiger partial charge on any atom is -0.461 e. The van der Waals surface area contributed by atoms with Gasteiger partial charge in [0.15, 0.2) is 0 Å². The average molecular weight is 246 g/mol. The van der Waals surface area contributed by atoms with Crippen molar-refractivity contribution in [1.82, 2.24) is 10.2 Å². The zero-order valence-electron chi connectivity index (χ0n) is 11.0. The molecule has 0 aliphatic rings. The van der Waals surface area contributed by atoms with Crippen LogP contribution in [0.3, 0.4) is 0 Å². The summed E-state index contributed by atoms with van der Waals surface area (Å²) < 4.78 is 5.67. The van der Waals surface area contributed by atoms with E-state index in [-0.39, 0.29) is 5.91 Å². The molecule has 1 heterocycles. The summed E-state index contributed by atoms with van der Waals surface area (Å²) in [7, 11) is 3.50. The van der Waals surface area contributed by atoms with Gasteiger partial charge in [-0.25, -0.2) is 0 Å². The quantitative estimate of drug-likeness (QED) is 0.896. The second kappa shape index (κ2) is 5.23. The third-order valence-corrected chi connectivity index (χ3v) is 2.98. The Labute approximate surface area is 107 Å². The van der Waals surface area contributed by atoms with Gasteiger partial charge in [-0.05, 0) is 13.0 Å². The maximum absolute atomic E-state index is 11.5. The number of carbonyl (C=O) groups is 1. The second-order valence-corrected chi connectivity index (χ2v) is 4.52. The Bertz CT molecular complexity index is 558. The molecular formula is C14H18N2O2. The molecule has 2 aromatic rings. The van der Waals surface area contributed by atoms with Crippen LogP contribution in [0, 0.1) is 6.92 Å². The van der Waals surface area contributed by atoms with Gasteiger partial charge in [0.1, 0.15) is 11.3 Å². The predicted octanol–water partition coefficient (Wildman–Crippen LogP) is 1.92. The maximum Gasteiger partial charge on any atom is 0.236 e. The molecule has 18 heavy (non-hydrogen) atoms. The van der Waals surface area contributed by atoms with Gasteiger partial charge < -0.3 is 14.6 Å². The van der Waals surface area contributed by atoms with Crippen LogP contribution in [0.4, 0.5) is 0 Å². The van der Waals surface area contributed by atoms with Gasteiger partial charge in [0, 0.05) is 31.6 Å². The third kappa shape index (κ3) is 2.54. The first-order valence-electron chi connectivity index (χ1n) is 5.97. The molecule has 2 rings (SSSR count). The van der Waals surface area contributed by atoms with Gasteiger partial charge in [-0.2, -0.15) is 0 Å². The largest absolute Gasteiger partial charge is 0.461 e. The van der Waals surface area contributed by atoms with Crippen molar-refractivity contribution in [3.63, 3.8) is 0 Å². The number of aryl methyl sites for hydroxylation is 1. The van der Waals surface area contributed by atoms with E-state index >= 15 is 0 Å². The van der Waals surface area contributed by atoms with Gasteiger partial charge in [0.2, 0.25) is 5.91 Å². The summed E-state index contributed by atoms with van der Waals surface area (Å²) in [5.74, 6) is 0.974. The third-order valence-electron chi connectivity index (χ3n) is 2.98. The van der Waals surface area contributed by atoms with E-state index in [4.69, 9.17) is 4.42 Å². The van der Waals surface area contributed by atoms with Gasteiger partial charge in [-0.15, -0.1) is 0 Å². The standard InChI is InChI=1S/C14H18N2O2/c1-10-12(8-15-9-14(17)16(2)3)11-6-4-5-7-13(11)18-10/h4-7,15H,8-9H2,1-3H3. The summed E-state index contributed by atoms with van der Waals surface area (Å²) in [4.78, 5) is 13.0. The molecule has 0 saturated heterocycles. The van der Waals surface area contributed by atoms with Crippen molar-refractivity contribution >= 4 is 16.9 Å². The van der Waals surface area contributed by atoms with Crippen molar-refractivity contribution in [3.05, 3.63) is 35.6 Å². The van der Waals surface area contributed by atoms with Gasteiger partial charge in [-0.3, -0.25) is 4.79 Å². The van der Waals surface area contributed by atoms with Crippen LogP contribution in [0.25, 0.3) is 11.0 Å². The molecular weight excluding hydrogens is 228 g/mol. The van der Waals surface area contributed by atoms with Crippen molar-refractivity contribution in [1.29, 1.82) is 0 Å². The van der Waals surface area contributed by atoms with E-state index in [0.29, 0.717) is 13.1 Å². The number of nitrogens with zero attached hydrogens (tertiary/aromatic N) is 1. The Morgan fingerprint density at radius 2 is 2.06 bits per heavy atom. The number of hydrogen-bond donors (Lipinski definition) is 1. The molecule has 0 bridgehead atoms. The maximum atomic E-state index is 11.5. The Kier molecular flexibility index (Phi) is 3.67. The zero-order chi connectivity index (χ0) is 13.1. The Balaban J connectivity index is 2.08. The number of likely N-dealkylation sites (N-methyl/N-ethyl adjacent to an activating group) is 1. The number of fused-ring (bicyclic) bond motifs is 1. The van der Waals surface area contributed by atoms with E-state index in [1.54, 1.807) is 19.0 Å². The number of amides is 1. The van der Waals surface area contributed by atoms with Crippen LogP contribution >= 0.6 is 0 Å². The summed E-state index contributed by atoms with van der Waals surface area (Å²) in [6, 6.07) is 7.94. The molecule has 1 aromatic heterocycles. The average Bonchev–Trinajstić information content (AvgIpc) is 2.65. The number of hydrogen-bond acceptors (Lipinski definition) is 3. The van der Waals surface area contributed by atoms with Crippen molar-refractivity contribution < 1.29 is 9.21 Å². The van der Waals surface area contributed by atoms with E-state index in [2.05, 4.69) is 5.32 Å². The lowest BCUT2D eigenvalue weighted by atomic mass is 10.1. The highest BCUT2D eigenvalue weighted by Crippen LogP contribution is 2.24. The highest BCUT2D eigenvalue weighted by molar-refractivity contribution is 5.82. The molecule has 0 aliphatic heterocycles. The first-order chi connectivity index (χ1) is 8.59. The van der Waals surface area contributed by atoms with E-state index in [9.17, 15) is 4.79 Å². The fourth-order valence-electron chi connectivity index (χ4n) is 1.89. The number of para-hydroxylation sites is 1. The first kappa shape index (κ1) is 12.6. The summed E-state index contributed by atoms with van der Waals surface area (Å²) in [5.41, 5.74) is 2.02. The second-order valence-electron chi connectivity index (χ2n) is 4.52. The first-order valence-corrected chi connectivity index (χ1v) is 5.97. The van der Waals surface area contributed by atoms with Gasteiger partial charge in [0.05, 0.1) is 6.54 Å². The normalized spacial score (nSPS) is 10.8. The number of rotatable bonds is 4. The van der Waals surface area contributed by atoms with E-state index in [1.165, 1.54) is 0 Å². The molecule has 96 valence electrons. The molecule has 0 radical (unpaired) electrons. The number of furan rings is 1. The summed E-state index contributed by atoms with van der Waals surface area (Å²) >= 11 is 0. The fourth-order valence-corrected chi connectivity index (χ4v) is 1.89. The van der Waals surface area contributed by atoms with Gasteiger partial charge >= 0.3 is 0 Å². The lowest BCUT2D eigenvalue weighted by Gasteiger charge is -2.10. The lowest BCUT2D eigenvalue weighted by Crippen LogP contribution is -2.32. The Morgan fingerprint density at radius 1 is 1.33 bits per heavy atom. The van der Waals surface area contributed by atoms with Crippen LogP contribution in [0.15, 0.2) is 28.7 Å². The van der Waals surface area contributed by atoms with Crippen molar-refractivity contribution in [2.45, 2.75) is 13.5 Å². The summed E-state index contributed by atoms with van der Waals surface area (Å²) in [5, 5.41) is 4.26. The molecule has 1 aromatic carbocycles. The van der Waals surface area contributed by atoms with Gasteiger partial charge in [-0.1, -0.05) is 18.2 Å². The number of carbonyl (C=O) groups excluding carboxylic acids is 1. The van der Waals surface area contributed by atoms with Crippen molar-refractivity contribution in [2.24, 2.45) is 0 Å². The highest BCUT2D eigenvalue weighted by atomic mass is 16.3. The monoisotopic (exact) mass is 246 g/mol. The number of nitrogens with one attached hydrogen (secondary N) is 1. The van der Waals surface area contributed by atoms with Crippen LogP contribution in [0.1, 0.15) is 11.3 Å². The molecule has 4 nitrogen and oxygen atoms in total. The minimum absolute atomic E-state index is 0.0699. The zero-order valence-corrected chi connectivity index (χ0v) is 11.0. The SMILES string of the molecule is Cc1oc2ccccc2c1CNCC(=O)N(C)C. The van der Waals surface area contributed by atoms with Crippen molar-refractivity contribution in [3.8, 4) is 0 Å². The van der Waals surface area contributed by atoms with Crippen LogP contribution in [0.2, 0.25) is 0 Å². The molecule has 0 fully saturated rings. The molecule has 0 spiro atoms. The van der Waals surface area contributed by atoms with E-state index in [1.807, 2.05) is 31.2 Å². The molecule has 4 heteroatoms. The smallest absolute Gasteiger partial charge is 0.236 e. The van der Waals surface area contributed by atoms with Crippen molar-refractivity contribution in [2.75, 3.05) is 20.6 Å². The van der Waals surface area contributed by atoms with Crippen LogP contribution in [0.5, 0.6) is 0 Å². The van der Waals surface area contributed by atoms with Crippen LogP contribution in [-0.2, 0) is 11.3 Å². The topological polar surface area (TPSA) is 45.5 Å². The molecule has 1 N–H and O–H groups in total. The molecule has 1 amide bonds. The van der Waals surface area contributed by atoms with E-state index < -0.39 is 0 Å². The van der Waals surface area contributed by atoms with Crippen LogP contribution in [-0.4, -0.2) is 31.4 Å². The summed E-state index contributed by atoms with van der Waals surface area (Å²) in [6.45, 7) is 2.93. The van der Waals surface area contributed by atoms with E-state index in [0.717, 1.165) is 22.3 Å². The predicted molar refractivity (Wildman–Crippen MR) is 71.4 cm³/mol. The summed E-state index contributed by atoms with van der Waals surface area (Å²) in [6.07, 6.45) is 0. The fraction of sp³-hybridized carbons (Fsp3) is 0.357. The highest BCUT2D eigenvalue weighted by Gasteiger charge is 2.10. The molecule has 0 unspecified atom stereocenters. The Morgan fingerprint density at radius 3 is 2.78 bits per heavy atom. The minimum atomic E-state index is 0.0699. The molecule has 0 saturated carbocycles. The molecule has 0 atom stereocenters. The van der Waals surface area contributed by atoms with Gasteiger partial charge in [0.25, 0.3) is 0 Å². The molecule has 0 aliphatic carbocycles. The van der Waals surface area contributed by atoms with Crippen LogP contribution < -0.4 is 5.32 Å². The Hall–Kier alpha value is -1.81.